The smallest absolute Gasteiger partial charge is 0.218 e. The quantitative estimate of drug-likeness (QED) is 0.871. The maximum absolute atomic E-state index is 6.00. The van der Waals surface area contributed by atoms with Crippen LogP contribution in [0.15, 0.2) is 36.7 Å². The lowest BCUT2D eigenvalue weighted by atomic mass is 10.1. The molecule has 1 heterocycles. The van der Waals surface area contributed by atoms with E-state index in [2.05, 4.69) is 29.1 Å². The SMILES string of the molecule is CCCOc1cc(NC(C)c2cccc(Cl)c2)ncn1. The number of anilines is 1. The zero-order valence-corrected chi connectivity index (χ0v) is 12.4. The Bertz CT molecular complexity index is 562. The summed E-state index contributed by atoms with van der Waals surface area (Å²) >= 11 is 6.00. The van der Waals surface area contributed by atoms with Gasteiger partial charge in [0, 0.05) is 17.1 Å². The van der Waals surface area contributed by atoms with Crippen LogP contribution < -0.4 is 10.1 Å². The van der Waals surface area contributed by atoms with Gasteiger partial charge in [0.25, 0.3) is 0 Å². The van der Waals surface area contributed by atoms with E-state index in [1.54, 1.807) is 6.07 Å². The Labute approximate surface area is 124 Å². The summed E-state index contributed by atoms with van der Waals surface area (Å²) in [5.41, 5.74) is 1.10. The van der Waals surface area contributed by atoms with Crippen molar-refractivity contribution >= 4 is 17.4 Å². The number of ether oxygens (including phenoxy) is 1. The number of benzene rings is 1. The molecule has 0 saturated heterocycles. The summed E-state index contributed by atoms with van der Waals surface area (Å²) in [4.78, 5) is 8.28. The predicted molar refractivity (Wildman–Crippen MR) is 81.3 cm³/mol. The molecule has 0 aliphatic rings. The van der Waals surface area contributed by atoms with Crippen molar-refractivity contribution in [1.29, 1.82) is 0 Å². The number of nitrogens with one attached hydrogen (secondary N) is 1. The Morgan fingerprint density at radius 3 is 2.90 bits per heavy atom. The molecule has 1 aromatic heterocycles. The fourth-order valence-corrected chi connectivity index (χ4v) is 1.98. The number of halogens is 1. The summed E-state index contributed by atoms with van der Waals surface area (Å²) in [6, 6.07) is 9.66. The largest absolute Gasteiger partial charge is 0.478 e. The second kappa shape index (κ2) is 7.10. The predicted octanol–water partition coefficient (Wildman–Crippen LogP) is 4.09. The maximum atomic E-state index is 6.00. The van der Waals surface area contributed by atoms with Crippen LogP contribution in [-0.2, 0) is 0 Å². The van der Waals surface area contributed by atoms with E-state index in [0.717, 1.165) is 22.8 Å². The molecule has 0 bridgehead atoms. The van der Waals surface area contributed by atoms with E-state index in [9.17, 15) is 0 Å². The molecule has 20 heavy (non-hydrogen) atoms. The number of hydrogen-bond donors (Lipinski definition) is 1. The highest BCUT2D eigenvalue weighted by atomic mass is 35.5. The standard InChI is InChI=1S/C15H18ClN3O/c1-3-7-20-15-9-14(17-10-18-15)19-11(2)12-5-4-6-13(16)8-12/h4-6,8-11H,3,7H2,1-2H3,(H,17,18,19). The number of rotatable bonds is 6. The van der Waals surface area contributed by atoms with Crippen molar-refractivity contribution in [3.8, 4) is 5.88 Å². The van der Waals surface area contributed by atoms with Gasteiger partial charge in [-0.1, -0.05) is 30.7 Å². The first-order chi connectivity index (χ1) is 9.69. The van der Waals surface area contributed by atoms with Crippen LogP contribution >= 0.6 is 11.6 Å². The molecule has 0 spiro atoms. The second-order valence-electron chi connectivity index (χ2n) is 4.51. The van der Waals surface area contributed by atoms with Gasteiger partial charge in [0.05, 0.1) is 6.61 Å². The maximum Gasteiger partial charge on any atom is 0.218 e. The van der Waals surface area contributed by atoms with Crippen LogP contribution in [0.1, 0.15) is 31.9 Å². The summed E-state index contributed by atoms with van der Waals surface area (Å²) in [5.74, 6) is 1.32. The van der Waals surface area contributed by atoms with Gasteiger partial charge in [0.2, 0.25) is 5.88 Å². The molecular weight excluding hydrogens is 274 g/mol. The van der Waals surface area contributed by atoms with Gasteiger partial charge in [-0.3, -0.25) is 0 Å². The zero-order chi connectivity index (χ0) is 14.4. The van der Waals surface area contributed by atoms with E-state index >= 15 is 0 Å². The van der Waals surface area contributed by atoms with Gasteiger partial charge in [-0.25, -0.2) is 9.97 Å². The van der Waals surface area contributed by atoms with E-state index in [4.69, 9.17) is 16.3 Å². The molecule has 4 nitrogen and oxygen atoms in total. The molecule has 0 fully saturated rings. The van der Waals surface area contributed by atoms with E-state index in [-0.39, 0.29) is 6.04 Å². The minimum atomic E-state index is 0.0997. The van der Waals surface area contributed by atoms with Gasteiger partial charge in [-0.2, -0.15) is 0 Å². The highest BCUT2D eigenvalue weighted by Crippen LogP contribution is 2.21. The lowest BCUT2D eigenvalue weighted by molar-refractivity contribution is 0.305. The summed E-state index contributed by atoms with van der Waals surface area (Å²) < 4.78 is 5.49. The Hall–Kier alpha value is -1.81. The van der Waals surface area contributed by atoms with Gasteiger partial charge in [0.1, 0.15) is 12.1 Å². The molecule has 2 rings (SSSR count). The Balaban J connectivity index is 2.05. The first kappa shape index (κ1) is 14.6. The molecule has 0 aliphatic carbocycles. The third-order valence-electron chi connectivity index (χ3n) is 2.81. The average Bonchev–Trinajstić information content (AvgIpc) is 2.45. The molecule has 1 N–H and O–H groups in total. The molecular formula is C15H18ClN3O. The van der Waals surface area contributed by atoms with Gasteiger partial charge in [-0.15, -0.1) is 0 Å². The normalized spacial score (nSPS) is 11.9. The second-order valence-corrected chi connectivity index (χ2v) is 4.95. The summed E-state index contributed by atoms with van der Waals surface area (Å²) in [6.07, 6.45) is 2.45. The van der Waals surface area contributed by atoms with E-state index < -0.39 is 0 Å². The van der Waals surface area contributed by atoms with Crippen molar-refractivity contribution in [2.24, 2.45) is 0 Å². The molecule has 1 atom stereocenters. The first-order valence-corrected chi connectivity index (χ1v) is 7.03. The molecule has 5 heteroatoms. The molecule has 1 unspecified atom stereocenters. The summed E-state index contributed by atoms with van der Waals surface area (Å²) in [6.45, 7) is 4.77. The fourth-order valence-electron chi connectivity index (χ4n) is 1.79. The lowest BCUT2D eigenvalue weighted by Crippen LogP contribution is -2.08. The third-order valence-corrected chi connectivity index (χ3v) is 3.04. The molecule has 0 saturated carbocycles. The highest BCUT2D eigenvalue weighted by molar-refractivity contribution is 6.30. The molecule has 0 amide bonds. The monoisotopic (exact) mass is 291 g/mol. The van der Waals surface area contributed by atoms with Gasteiger partial charge < -0.3 is 10.1 Å². The van der Waals surface area contributed by atoms with Crippen LogP contribution in [0.25, 0.3) is 0 Å². The van der Waals surface area contributed by atoms with Crippen molar-refractivity contribution in [3.63, 3.8) is 0 Å². The number of hydrogen-bond acceptors (Lipinski definition) is 4. The first-order valence-electron chi connectivity index (χ1n) is 6.66. The highest BCUT2D eigenvalue weighted by Gasteiger charge is 2.07. The van der Waals surface area contributed by atoms with Crippen molar-refractivity contribution in [3.05, 3.63) is 47.2 Å². The molecule has 2 aromatic rings. The van der Waals surface area contributed by atoms with Gasteiger partial charge in [0.15, 0.2) is 0 Å². The van der Waals surface area contributed by atoms with Crippen LogP contribution in [0.3, 0.4) is 0 Å². The Morgan fingerprint density at radius 1 is 1.30 bits per heavy atom. The average molecular weight is 292 g/mol. The lowest BCUT2D eigenvalue weighted by Gasteiger charge is -2.15. The fraction of sp³-hybridized carbons (Fsp3) is 0.333. The molecule has 0 radical (unpaired) electrons. The van der Waals surface area contributed by atoms with Crippen LogP contribution in [0, 0.1) is 0 Å². The van der Waals surface area contributed by atoms with Crippen molar-refractivity contribution < 1.29 is 4.74 Å². The molecule has 0 aliphatic heterocycles. The minimum Gasteiger partial charge on any atom is -0.478 e. The van der Waals surface area contributed by atoms with Crippen LogP contribution in [0.5, 0.6) is 5.88 Å². The number of aromatic nitrogens is 2. The summed E-state index contributed by atoms with van der Waals surface area (Å²) in [5, 5.41) is 4.04. The van der Waals surface area contributed by atoms with E-state index in [1.807, 2.05) is 24.3 Å². The van der Waals surface area contributed by atoms with Crippen molar-refractivity contribution in [2.45, 2.75) is 26.3 Å². The Kier molecular flexibility index (Phi) is 5.18. The van der Waals surface area contributed by atoms with Gasteiger partial charge in [-0.05, 0) is 31.0 Å². The van der Waals surface area contributed by atoms with Crippen molar-refractivity contribution in [2.75, 3.05) is 11.9 Å². The minimum absolute atomic E-state index is 0.0997. The van der Waals surface area contributed by atoms with Gasteiger partial charge >= 0.3 is 0 Å². The topological polar surface area (TPSA) is 47.0 Å². The van der Waals surface area contributed by atoms with E-state index in [1.165, 1.54) is 6.33 Å². The van der Waals surface area contributed by atoms with Crippen LogP contribution in [0.2, 0.25) is 5.02 Å². The van der Waals surface area contributed by atoms with E-state index in [0.29, 0.717) is 12.5 Å². The third kappa shape index (κ3) is 4.10. The molecule has 1 aromatic carbocycles. The Morgan fingerprint density at radius 2 is 2.15 bits per heavy atom. The molecule has 106 valence electrons. The van der Waals surface area contributed by atoms with Crippen LogP contribution in [-0.4, -0.2) is 16.6 Å². The number of nitrogens with zero attached hydrogens (tertiary/aromatic N) is 2. The van der Waals surface area contributed by atoms with Crippen LogP contribution in [0.4, 0.5) is 5.82 Å². The zero-order valence-electron chi connectivity index (χ0n) is 11.6. The van der Waals surface area contributed by atoms with Crippen molar-refractivity contribution in [1.82, 2.24) is 9.97 Å². The summed E-state index contributed by atoms with van der Waals surface area (Å²) in [7, 11) is 0.